The summed E-state index contributed by atoms with van der Waals surface area (Å²) in [6.07, 6.45) is 3.81. The Balaban J connectivity index is 1.28. The van der Waals surface area contributed by atoms with E-state index in [0.717, 1.165) is 66.3 Å². The Hall–Kier alpha value is -4.99. The van der Waals surface area contributed by atoms with Crippen LogP contribution in [0.4, 0.5) is 15.0 Å². The minimum atomic E-state index is -2.11. The maximum absolute atomic E-state index is 17.6. The van der Waals surface area contributed by atoms with Crippen molar-refractivity contribution in [1.29, 1.82) is 0 Å². The SMILES string of the molecule is C=C1CN2CC(=C)CC2(COc2nc(N3C[C@H]4CC[C@@H](C3)N4C(=O)O)c3cnc(-c4ccc(OC)c5cccc(C#C[Si](C(C)C)(C(C)C)C(C)C)c45)c(F)c3n2)C1. The van der Waals surface area contributed by atoms with Crippen LogP contribution in [0.15, 0.2) is 60.8 Å². The van der Waals surface area contributed by atoms with E-state index < -0.39 is 20.0 Å². The van der Waals surface area contributed by atoms with Crippen LogP contribution in [0, 0.1) is 17.3 Å². The van der Waals surface area contributed by atoms with Crippen molar-refractivity contribution in [3.63, 3.8) is 0 Å². The van der Waals surface area contributed by atoms with Crippen LogP contribution in [0.25, 0.3) is 32.9 Å². The number of amides is 1. The summed E-state index contributed by atoms with van der Waals surface area (Å²) in [5.74, 6) is 4.20. The standard InChI is InChI=1S/C46H55FN6O4Si/c1-27(2)58(28(3)4,29(5)6)18-17-32-11-10-12-35-38(56-9)16-15-36(39(32)35)41-40(47)42-37(21-48-41)43(51-24-33-13-14-34(25-51)53(33)45(54)55)50-44(49-42)57-26-46-19-30(7)22-52(46)23-31(8)20-46/h10-12,15-16,21,27-29,33-34H,7-8,13-14,19-20,22-26H2,1-6,9H3,(H,54,55)/t33-,34+. The molecule has 10 nitrogen and oxygen atoms in total. The molecule has 2 bridgehead atoms. The summed E-state index contributed by atoms with van der Waals surface area (Å²) in [4.78, 5) is 32.8. The van der Waals surface area contributed by atoms with E-state index in [1.54, 1.807) is 18.2 Å². The van der Waals surface area contributed by atoms with Crippen molar-refractivity contribution in [3.05, 3.63) is 72.2 Å². The van der Waals surface area contributed by atoms with Gasteiger partial charge in [0.25, 0.3) is 0 Å². The lowest BCUT2D eigenvalue weighted by Crippen LogP contribution is -2.55. The van der Waals surface area contributed by atoms with E-state index in [0.29, 0.717) is 58.8 Å². The van der Waals surface area contributed by atoms with Crippen molar-refractivity contribution < 1.29 is 23.8 Å². The van der Waals surface area contributed by atoms with Crippen molar-refractivity contribution in [1.82, 2.24) is 24.8 Å². The molecule has 2 aromatic carbocycles. The van der Waals surface area contributed by atoms with E-state index in [1.807, 2.05) is 30.3 Å². The quantitative estimate of drug-likeness (QED) is 0.101. The predicted molar refractivity (Wildman–Crippen MR) is 231 cm³/mol. The maximum atomic E-state index is 17.6. The van der Waals surface area contributed by atoms with E-state index in [4.69, 9.17) is 24.4 Å². The van der Waals surface area contributed by atoms with Gasteiger partial charge in [-0.05, 0) is 60.5 Å². The van der Waals surface area contributed by atoms with Crippen LogP contribution in [-0.4, -0.2) is 102 Å². The monoisotopic (exact) mass is 802 g/mol. The zero-order chi connectivity index (χ0) is 41.3. The van der Waals surface area contributed by atoms with Gasteiger partial charge >= 0.3 is 12.1 Å². The van der Waals surface area contributed by atoms with Gasteiger partial charge in [0.05, 0.1) is 30.1 Å². The van der Waals surface area contributed by atoms with Crippen LogP contribution in [0.5, 0.6) is 11.8 Å². The number of carbonyl (C=O) groups is 1. The van der Waals surface area contributed by atoms with Crippen LogP contribution in [0.1, 0.15) is 72.8 Å². The first kappa shape index (κ1) is 39.8. The molecule has 8 rings (SSSR count). The summed E-state index contributed by atoms with van der Waals surface area (Å²) in [7, 11) is -0.470. The Labute approximate surface area is 342 Å². The molecule has 6 heterocycles. The molecule has 58 heavy (non-hydrogen) atoms. The van der Waals surface area contributed by atoms with Crippen LogP contribution in [-0.2, 0) is 0 Å². The lowest BCUT2D eigenvalue weighted by atomic mass is 9.92. The second-order valence-corrected chi connectivity index (χ2v) is 23.5. The molecule has 4 aliphatic rings. The number of carboxylic acid groups (broad SMARTS) is 1. The lowest BCUT2D eigenvalue weighted by Gasteiger charge is -2.40. The van der Waals surface area contributed by atoms with Crippen LogP contribution in [0.2, 0.25) is 16.6 Å². The number of fused-ring (bicyclic) bond motifs is 5. The zero-order valence-electron chi connectivity index (χ0n) is 34.9. The third-order valence-electron chi connectivity index (χ3n) is 13.5. The van der Waals surface area contributed by atoms with Gasteiger partial charge in [-0.2, -0.15) is 9.97 Å². The smallest absolute Gasteiger partial charge is 0.407 e. The average molecular weight is 803 g/mol. The van der Waals surface area contributed by atoms with Gasteiger partial charge in [-0.25, -0.2) is 9.18 Å². The Bertz CT molecular complexity index is 2350. The fraction of sp³-hybridized carbons (Fsp3) is 0.478. The summed E-state index contributed by atoms with van der Waals surface area (Å²) in [6.45, 7) is 25.0. The first-order valence-corrected chi connectivity index (χ1v) is 22.9. The first-order valence-electron chi connectivity index (χ1n) is 20.6. The van der Waals surface area contributed by atoms with Gasteiger partial charge in [-0.15, -0.1) is 5.54 Å². The number of piperazine rings is 1. The molecule has 0 spiro atoms. The topological polar surface area (TPSA) is 104 Å². The summed E-state index contributed by atoms with van der Waals surface area (Å²) in [5.41, 5.74) is 8.81. The van der Waals surface area contributed by atoms with E-state index in [2.05, 4.69) is 76.0 Å². The zero-order valence-corrected chi connectivity index (χ0v) is 35.9. The minimum Gasteiger partial charge on any atom is -0.496 e. The second-order valence-electron chi connectivity index (χ2n) is 17.9. The molecule has 4 fully saturated rings. The van der Waals surface area contributed by atoms with Crippen LogP contribution < -0.4 is 14.4 Å². The normalized spacial score (nSPS) is 20.5. The van der Waals surface area contributed by atoms with E-state index in [1.165, 1.54) is 0 Å². The number of hydrogen-bond acceptors (Lipinski definition) is 8. The van der Waals surface area contributed by atoms with Crippen molar-refractivity contribution in [2.45, 2.75) is 101 Å². The molecule has 2 aromatic heterocycles. The van der Waals surface area contributed by atoms with Gasteiger partial charge in [0.2, 0.25) is 0 Å². The molecule has 0 radical (unpaired) electrons. The van der Waals surface area contributed by atoms with Gasteiger partial charge in [-0.1, -0.05) is 83.9 Å². The highest BCUT2D eigenvalue weighted by atomic mass is 28.3. The van der Waals surface area contributed by atoms with Crippen molar-refractivity contribution in [3.8, 4) is 34.5 Å². The molecular weight excluding hydrogens is 748 g/mol. The van der Waals surface area contributed by atoms with Crippen molar-refractivity contribution >= 4 is 41.7 Å². The molecule has 2 atom stereocenters. The molecule has 4 saturated heterocycles. The average Bonchev–Trinajstić information content (AvgIpc) is 3.75. The number of ether oxygens (including phenoxy) is 2. The Morgan fingerprint density at radius 2 is 1.64 bits per heavy atom. The van der Waals surface area contributed by atoms with Gasteiger partial charge < -0.3 is 19.5 Å². The number of rotatable bonds is 9. The van der Waals surface area contributed by atoms with Gasteiger partial charge in [0.15, 0.2) is 5.82 Å². The number of halogens is 1. The Kier molecular flexibility index (Phi) is 10.3. The highest BCUT2D eigenvalue weighted by Gasteiger charge is 2.48. The molecule has 4 aromatic rings. The molecule has 1 N–H and O–H groups in total. The van der Waals surface area contributed by atoms with E-state index in [9.17, 15) is 9.90 Å². The first-order chi connectivity index (χ1) is 27.7. The van der Waals surface area contributed by atoms with Gasteiger partial charge in [0.1, 0.15) is 37.5 Å². The number of hydrogen-bond donors (Lipinski definition) is 1. The number of benzene rings is 2. The molecule has 12 heteroatoms. The molecule has 0 aliphatic carbocycles. The Morgan fingerprint density at radius 1 is 0.983 bits per heavy atom. The van der Waals surface area contributed by atoms with E-state index >= 15 is 4.39 Å². The number of pyridine rings is 1. The lowest BCUT2D eigenvalue weighted by molar-refractivity contribution is 0.107. The van der Waals surface area contributed by atoms with Crippen LogP contribution in [0.3, 0.4) is 0 Å². The fourth-order valence-electron chi connectivity index (χ4n) is 11.0. The Morgan fingerprint density at radius 3 is 2.24 bits per heavy atom. The summed E-state index contributed by atoms with van der Waals surface area (Å²) < 4.78 is 29.9. The number of nitrogens with zero attached hydrogens (tertiary/aromatic N) is 6. The third kappa shape index (κ3) is 6.51. The summed E-state index contributed by atoms with van der Waals surface area (Å²) in [5, 5.41) is 12.0. The van der Waals surface area contributed by atoms with Crippen molar-refractivity contribution in [2.24, 2.45) is 0 Å². The maximum Gasteiger partial charge on any atom is 0.407 e. The molecule has 0 unspecified atom stereocenters. The fourth-order valence-corrected chi connectivity index (χ4v) is 16.2. The van der Waals surface area contributed by atoms with Gasteiger partial charge in [0, 0.05) is 54.3 Å². The molecule has 1 amide bonds. The number of methoxy groups -OCH3 is 1. The third-order valence-corrected chi connectivity index (χ3v) is 19.8. The van der Waals surface area contributed by atoms with Crippen LogP contribution >= 0.6 is 0 Å². The molecule has 0 saturated carbocycles. The van der Waals surface area contributed by atoms with Crippen molar-refractivity contribution in [2.75, 3.05) is 44.8 Å². The minimum absolute atomic E-state index is 0.0689. The number of aromatic nitrogens is 3. The predicted octanol–water partition coefficient (Wildman–Crippen LogP) is 9.23. The number of anilines is 1. The molecule has 4 aliphatic heterocycles. The summed E-state index contributed by atoms with van der Waals surface area (Å²) in [6, 6.07) is 9.35. The highest BCUT2D eigenvalue weighted by molar-refractivity contribution is 6.90. The highest BCUT2D eigenvalue weighted by Crippen LogP contribution is 2.45. The largest absolute Gasteiger partial charge is 0.496 e. The molecule has 304 valence electrons. The summed E-state index contributed by atoms with van der Waals surface area (Å²) >= 11 is 0. The molecular formula is C46H55FN6O4Si. The van der Waals surface area contributed by atoms with E-state index in [-0.39, 0.29) is 34.8 Å². The van der Waals surface area contributed by atoms with Gasteiger partial charge in [-0.3, -0.25) is 14.8 Å². The second kappa shape index (κ2) is 15.0.